The highest BCUT2D eigenvalue weighted by molar-refractivity contribution is 7.90. The van der Waals surface area contributed by atoms with Crippen molar-refractivity contribution in [2.45, 2.75) is 22.6 Å². The first-order valence-corrected chi connectivity index (χ1v) is 14.0. The molecule has 1 aromatic heterocycles. The van der Waals surface area contributed by atoms with Crippen molar-refractivity contribution in [3.05, 3.63) is 53.6 Å². The lowest BCUT2D eigenvalue weighted by atomic mass is 9.97. The number of nitrogens with zero attached hydrogens (tertiary/aromatic N) is 3. The van der Waals surface area contributed by atoms with Gasteiger partial charge in [0.15, 0.2) is 9.84 Å². The highest BCUT2D eigenvalue weighted by Crippen LogP contribution is 2.27. The molecule has 0 radical (unpaired) electrons. The number of halogens is 1. The Kier molecular flexibility index (Phi) is 6.76. The Bertz CT molecular complexity index is 1410. The Balaban J connectivity index is 1.38. The summed E-state index contributed by atoms with van der Waals surface area (Å²) in [5.74, 6) is -0.728. The number of piperidine rings is 1. The van der Waals surface area contributed by atoms with E-state index in [0.29, 0.717) is 23.4 Å². The second-order valence-corrected chi connectivity index (χ2v) is 12.2. The van der Waals surface area contributed by atoms with Gasteiger partial charge in [0.05, 0.1) is 9.79 Å². The molecule has 0 bridgehead atoms. The van der Waals surface area contributed by atoms with Gasteiger partial charge in [-0.05, 0) is 55.3 Å². The number of carbonyl (C=O) groups is 1. The second-order valence-electron chi connectivity index (χ2n) is 7.83. The van der Waals surface area contributed by atoms with Crippen molar-refractivity contribution in [3.63, 3.8) is 0 Å². The molecule has 1 aliphatic rings. The van der Waals surface area contributed by atoms with Crippen LogP contribution >= 0.6 is 11.6 Å². The van der Waals surface area contributed by atoms with Crippen LogP contribution in [0.1, 0.15) is 12.8 Å². The molecule has 34 heavy (non-hydrogen) atoms. The fraction of sp³-hybridized carbons (Fsp3) is 0.286. The van der Waals surface area contributed by atoms with Crippen LogP contribution in [-0.4, -0.2) is 56.6 Å². The lowest BCUT2D eigenvalue weighted by Crippen LogP contribution is -2.41. The third-order valence-electron chi connectivity index (χ3n) is 5.44. The Morgan fingerprint density at radius 2 is 1.71 bits per heavy atom. The number of nitrogens with one attached hydrogen (secondary N) is 1. The van der Waals surface area contributed by atoms with Gasteiger partial charge < -0.3 is 4.42 Å². The fourth-order valence-corrected chi connectivity index (χ4v) is 5.83. The van der Waals surface area contributed by atoms with E-state index in [1.54, 1.807) is 12.1 Å². The van der Waals surface area contributed by atoms with Gasteiger partial charge >= 0.3 is 6.01 Å². The van der Waals surface area contributed by atoms with Crippen molar-refractivity contribution in [3.8, 4) is 11.5 Å². The number of hydrogen-bond donors (Lipinski definition) is 1. The predicted molar refractivity (Wildman–Crippen MR) is 124 cm³/mol. The lowest BCUT2D eigenvalue weighted by molar-refractivity contribution is -0.121. The highest BCUT2D eigenvalue weighted by atomic mass is 35.5. The number of sulfone groups is 1. The molecule has 0 aliphatic carbocycles. The van der Waals surface area contributed by atoms with E-state index in [4.69, 9.17) is 16.0 Å². The van der Waals surface area contributed by atoms with Crippen LogP contribution in [0.15, 0.2) is 62.7 Å². The summed E-state index contributed by atoms with van der Waals surface area (Å²) < 4.78 is 55.9. The molecule has 1 aliphatic heterocycles. The molecule has 0 saturated carbocycles. The molecular weight excluding hydrogens is 504 g/mol. The van der Waals surface area contributed by atoms with Gasteiger partial charge in [-0.25, -0.2) is 16.8 Å². The number of sulfonamides is 1. The third kappa shape index (κ3) is 5.30. The van der Waals surface area contributed by atoms with Gasteiger partial charge in [-0.2, -0.15) is 4.31 Å². The van der Waals surface area contributed by atoms with E-state index >= 15 is 0 Å². The summed E-state index contributed by atoms with van der Waals surface area (Å²) in [5, 5.41) is 10.7. The number of carbonyl (C=O) groups excluding carboxylic acids is 1. The van der Waals surface area contributed by atoms with Crippen molar-refractivity contribution in [1.82, 2.24) is 14.5 Å². The second kappa shape index (κ2) is 9.45. The Morgan fingerprint density at radius 3 is 2.35 bits per heavy atom. The molecule has 4 rings (SSSR count). The fourth-order valence-electron chi connectivity index (χ4n) is 3.57. The summed E-state index contributed by atoms with van der Waals surface area (Å²) in [6, 6.07) is 11.9. The van der Waals surface area contributed by atoms with Crippen molar-refractivity contribution in [2.24, 2.45) is 5.92 Å². The summed E-state index contributed by atoms with van der Waals surface area (Å²) in [4.78, 5) is 12.9. The first-order chi connectivity index (χ1) is 16.0. The maximum Gasteiger partial charge on any atom is 0.322 e. The Morgan fingerprint density at radius 1 is 1.03 bits per heavy atom. The molecule has 0 spiro atoms. The molecule has 0 unspecified atom stereocenters. The van der Waals surface area contributed by atoms with Crippen LogP contribution in [0.3, 0.4) is 0 Å². The van der Waals surface area contributed by atoms with E-state index in [0.717, 1.165) is 6.26 Å². The van der Waals surface area contributed by atoms with Gasteiger partial charge in [0.2, 0.25) is 21.8 Å². The molecular formula is C21H21ClN4O6S2. The summed E-state index contributed by atoms with van der Waals surface area (Å²) in [5.41, 5.74) is 0.400. The van der Waals surface area contributed by atoms with E-state index in [9.17, 15) is 21.6 Å². The van der Waals surface area contributed by atoms with Crippen molar-refractivity contribution >= 4 is 43.4 Å². The number of hydrogen-bond acceptors (Lipinski definition) is 8. The van der Waals surface area contributed by atoms with E-state index in [-0.39, 0.29) is 40.7 Å². The molecule has 180 valence electrons. The average molecular weight is 525 g/mol. The number of aromatic nitrogens is 2. The van der Waals surface area contributed by atoms with E-state index in [1.165, 1.54) is 40.7 Å². The monoisotopic (exact) mass is 524 g/mol. The molecule has 0 atom stereocenters. The van der Waals surface area contributed by atoms with Crippen molar-refractivity contribution < 1.29 is 26.0 Å². The molecule has 2 aromatic carbocycles. The Labute approximate surface area is 201 Å². The topological polar surface area (TPSA) is 140 Å². The van der Waals surface area contributed by atoms with Crippen LogP contribution in [-0.2, 0) is 24.7 Å². The first kappa shape index (κ1) is 24.3. The quantitative estimate of drug-likeness (QED) is 0.519. The van der Waals surface area contributed by atoms with Crippen molar-refractivity contribution in [1.29, 1.82) is 0 Å². The maximum atomic E-state index is 12.8. The molecule has 3 aromatic rings. The van der Waals surface area contributed by atoms with Gasteiger partial charge in [-0.1, -0.05) is 22.8 Å². The van der Waals surface area contributed by atoms with Crippen LogP contribution < -0.4 is 5.32 Å². The zero-order valence-corrected chi connectivity index (χ0v) is 20.4. The van der Waals surface area contributed by atoms with Crippen molar-refractivity contribution in [2.75, 3.05) is 24.7 Å². The van der Waals surface area contributed by atoms with E-state index in [2.05, 4.69) is 15.5 Å². The molecule has 10 nitrogen and oxygen atoms in total. The minimum absolute atomic E-state index is 0.0599. The lowest BCUT2D eigenvalue weighted by Gasteiger charge is -2.30. The smallest absolute Gasteiger partial charge is 0.322 e. The van der Waals surface area contributed by atoms with E-state index in [1.807, 2.05) is 0 Å². The summed E-state index contributed by atoms with van der Waals surface area (Å²) in [6.07, 6.45) is 1.75. The van der Waals surface area contributed by atoms with Gasteiger partial charge in [0.1, 0.15) is 0 Å². The standard InChI is InChI=1S/C21H21ClN4O6S2/c1-33(28,29)18-4-2-3-15(13-18)20-24-25-21(32-20)23-19(27)14-9-11-26(12-10-14)34(30,31)17-7-5-16(22)6-8-17/h2-8,13-14H,9-12H2,1H3,(H,23,25,27). The number of anilines is 1. The largest absolute Gasteiger partial charge is 0.403 e. The molecule has 1 fully saturated rings. The number of rotatable bonds is 6. The third-order valence-corrected chi connectivity index (χ3v) is 8.72. The van der Waals surface area contributed by atoms with E-state index < -0.39 is 25.8 Å². The maximum absolute atomic E-state index is 12.8. The molecule has 13 heteroatoms. The molecule has 1 N–H and O–H groups in total. The summed E-state index contributed by atoms with van der Waals surface area (Å²) in [6.45, 7) is 0.382. The van der Waals surface area contributed by atoms with Gasteiger partial charge in [-0.3, -0.25) is 10.1 Å². The first-order valence-electron chi connectivity index (χ1n) is 10.2. The van der Waals surface area contributed by atoms with Gasteiger partial charge in [-0.15, -0.1) is 5.10 Å². The molecule has 2 heterocycles. The summed E-state index contributed by atoms with van der Waals surface area (Å²) in [7, 11) is -7.08. The Hall–Kier alpha value is -2.80. The van der Waals surface area contributed by atoms with Gasteiger partial charge in [0.25, 0.3) is 0 Å². The van der Waals surface area contributed by atoms with Crippen LogP contribution in [0.5, 0.6) is 0 Å². The average Bonchev–Trinajstić information content (AvgIpc) is 3.27. The minimum atomic E-state index is -3.67. The normalized spacial score (nSPS) is 15.8. The predicted octanol–water partition coefficient (Wildman–Crippen LogP) is 2.83. The minimum Gasteiger partial charge on any atom is -0.403 e. The SMILES string of the molecule is CS(=O)(=O)c1cccc(-c2nnc(NC(=O)C3CCN(S(=O)(=O)c4ccc(Cl)cc4)CC3)o2)c1. The number of benzene rings is 2. The van der Waals surface area contributed by atoms with Crippen LogP contribution in [0.25, 0.3) is 11.5 Å². The van der Waals surface area contributed by atoms with Crippen LogP contribution in [0, 0.1) is 5.92 Å². The zero-order chi connectivity index (χ0) is 24.5. The zero-order valence-electron chi connectivity index (χ0n) is 18.0. The molecule has 1 amide bonds. The number of amides is 1. The van der Waals surface area contributed by atoms with Crippen LogP contribution in [0.4, 0.5) is 6.01 Å². The van der Waals surface area contributed by atoms with Gasteiger partial charge in [0, 0.05) is 35.8 Å². The highest BCUT2D eigenvalue weighted by Gasteiger charge is 2.32. The molecule has 1 saturated heterocycles. The summed E-state index contributed by atoms with van der Waals surface area (Å²) >= 11 is 5.83. The van der Waals surface area contributed by atoms with Crippen LogP contribution in [0.2, 0.25) is 5.02 Å².